The predicted molar refractivity (Wildman–Crippen MR) is 143 cm³/mol. The first-order chi connectivity index (χ1) is 16.7. The summed E-state index contributed by atoms with van der Waals surface area (Å²) < 4.78 is 6.63. The van der Waals surface area contributed by atoms with Crippen molar-refractivity contribution in [2.45, 2.75) is 70.1 Å². The molecule has 3 aromatic rings. The molecule has 3 nitrogen and oxygen atoms in total. The first kappa shape index (κ1) is 23.6. The van der Waals surface area contributed by atoms with Crippen LogP contribution in [0.4, 0.5) is 0 Å². The Kier molecular flexibility index (Phi) is 7.66. The zero-order chi connectivity index (χ0) is 23.3. The molecule has 0 unspecified atom stereocenters. The standard InChI is InChI=1S/C30H37NO2S/c1-33-25-16-17-26-27(21-25)34-30(24-10-4-2-5-11-24)28(26)29(32)23-14-12-22(13-15-23)9-8-20-31-18-6-3-7-19-31/h12-17,21,24H,2-11,18-20H2,1H3. The van der Waals surface area contributed by atoms with Gasteiger partial charge in [-0.3, -0.25) is 4.79 Å². The van der Waals surface area contributed by atoms with Crippen LogP contribution in [0, 0.1) is 0 Å². The molecule has 1 aliphatic heterocycles. The number of fused-ring (bicyclic) bond motifs is 1. The second-order valence-electron chi connectivity index (χ2n) is 10.1. The smallest absolute Gasteiger partial charge is 0.194 e. The maximum atomic E-state index is 13.8. The molecule has 34 heavy (non-hydrogen) atoms. The Morgan fingerprint density at radius 2 is 1.71 bits per heavy atom. The molecule has 5 rings (SSSR count). The molecular formula is C30H37NO2S. The highest BCUT2D eigenvalue weighted by Gasteiger charge is 2.27. The van der Waals surface area contributed by atoms with Crippen molar-refractivity contribution in [1.82, 2.24) is 4.90 Å². The third kappa shape index (κ3) is 5.23. The highest BCUT2D eigenvalue weighted by Crippen LogP contribution is 2.44. The molecule has 1 saturated heterocycles. The van der Waals surface area contributed by atoms with Crippen LogP contribution in [0.1, 0.15) is 90.1 Å². The molecule has 1 saturated carbocycles. The second kappa shape index (κ2) is 11.0. The van der Waals surface area contributed by atoms with Crippen molar-refractivity contribution >= 4 is 27.2 Å². The summed E-state index contributed by atoms with van der Waals surface area (Å²) >= 11 is 1.81. The van der Waals surface area contributed by atoms with E-state index in [4.69, 9.17) is 4.74 Å². The van der Waals surface area contributed by atoms with Crippen molar-refractivity contribution in [2.24, 2.45) is 0 Å². The lowest BCUT2D eigenvalue weighted by molar-refractivity contribution is 0.103. The fraction of sp³-hybridized carbons (Fsp3) is 0.500. The lowest BCUT2D eigenvalue weighted by atomic mass is 9.85. The minimum Gasteiger partial charge on any atom is -0.497 e. The Morgan fingerprint density at radius 3 is 2.44 bits per heavy atom. The predicted octanol–water partition coefficient (Wildman–Crippen LogP) is 7.61. The van der Waals surface area contributed by atoms with Gasteiger partial charge in [0.15, 0.2) is 5.78 Å². The van der Waals surface area contributed by atoms with Gasteiger partial charge in [-0.05, 0) is 87.8 Å². The fourth-order valence-corrected chi connectivity index (χ4v) is 7.17. The topological polar surface area (TPSA) is 29.5 Å². The maximum Gasteiger partial charge on any atom is 0.194 e. The van der Waals surface area contributed by atoms with E-state index in [1.165, 1.54) is 87.9 Å². The van der Waals surface area contributed by atoms with Crippen LogP contribution in [-0.2, 0) is 6.42 Å². The summed E-state index contributed by atoms with van der Waals surface area (Å²) in [7, 11) is 1.71. The van der Waals surface area contributed by atoms with Crippen LogP contribution in [-0.4, -0.2) is 37.4 Å². The number of methoxy groups -OCH3 is 1. The molecule has 1 aromatic heterocycles. The van der Waals surface area contributed by atoms with Gasteiger partial charge in [0.05, 0.1) is 7.11 Å². The van der Waals surface area contributed by atoms with Crippen LogP contribution in [0.5, 0.6) is 5.75 Å². The van der Waals surface area contributed by atoms with Crippen molar-refractivity contribution in [1.29, 1.82) is 0 Å². The summed E-state index contributed by atoms with van der Waals surface area (Å²) in [6.45, 7) is 3.71. The van der Waals surface area contributed by atoms with Gasteiger partial charge in [-0.15, -0.1) is 11.3 Å². The van der Waals surface area contributed by atoms with Crippen LogP contribution in [0.3, 0.4) is 0 Å². The van der Waals surface area contributed by atoms with Gasteiger partial charge in [-0.2, -0.15) is 0 Å². The van der Waals surface area contributed by atoms with Crippen LogP contribution in [0.2, 0.25) is 0 Å². The molecule has 2 aromatic carbocycles. The van der Waals surface area contributed by atoms with E-state index in [0.29, 0.717) is 5.92 Å². The number of ether oxygens (including phenoxy) is 1. The van der Waals surface area contributed by atoms with Gasteiger partial charge in [0.1, 0.15) is 5.75 Å². The molecule has 4 heteroatoms. The van der Waals surface area contributed by atoms with E-state index < -0.39 is 0 Å². The van der Waals surface area contributed by atoms with E-state index in [0.717, 1.165) is 33.4 Å². The van der Waals surface area contributed by atoms with E-state index in [1.807, 2.05) is 6.07 Å². The number of thiophene rings is 1. The van der Waals surface area contributed by atoms with Crippen molar-refractivity contribution in [3.63, 3.8) is 0 Å². The number of carbonyl (C=O) groups is 1. The van der Waals surface area contributed by atoms with Gasteiger partial charge in [0.25, 0.3) is 0 Å². The summed E-state index contributed by atoms with van der Waals surface area (Å²) in [6.07, 6.45) is 12.6. The van der Waals surface area contributed by atoms with E-state index in [9.17, 15) is 4.79 Å². The van der Waals surface area contributed by atoms with Crippen LogP contribution >= 0.6 is 11.3 Å². The van der Waals surface area contributed by atoms with Gasteiger partial charge < -0.3 is 9.64 Å². The van der Waals surface area contributed by atoms with Crippen LogP contribution in [0.15, 0.2) is 42.5 Å². The number of hydrogen-bond acceptors (Lipinski definition) is 4. The van der Waals surface area contributed by atoms with Crippen molar-refractivity contribution in [2.75, 3.05) is 26.7 Å². The first-order valence-corrected chi connectivity index (χ1v) is 14.0. The highest BCUT2D eigenvalue weighted by atomic mass is 32.1. The summed E-state index contributed by atoms with van der Waals surface area (Å²) in [6, 6.07) is 14.6. The summed E-state index contributed by atoms with van der Waals surface area (Å²) in [4.78, 5) is 17.7. The summed E-state index contributed by atoms with van der Waals surface area (Å²) in [5.41, 5.74) is 3.08. The zero-order valence-electron chi connectivity index (χ0n) is 20.5. The SMILES string of the molecule is COc1ccc2c(C(=O)c3ccc(CCCN4CCCCC4)cc3)c(C3CCCCC3)sc2c1. The molecule has 0 bridgehead atoms. The highest BCUT2D eigenvalue weighted by molar-refractivity contribution is 7.19. The third-order valence-corrected chi connectivity index (χ3v) is 9.05. The third-order valence-electron chi connectivity index (χ3n) is 7.73. The second-order valence-corrected chi connectivity index (χ2v) is 11.2. The average Bonchev–Trinajstić information content (AvgIpc) is 3.28. The molecule has 0 atom stereocenters. The normalized spacial score (nSPS) is 17.8. The lowest BCUT2D eigenvalue weighted by Crippen LogP contribution is -2.30. The molecule has 2 aliphatic rings. The monoisotopic (exact) mass is 475 g/mol. The number of carbonyl (C=O) groups excluding carboxylic acids is 1. The molecule has 180 valence electrons. The number of hydrogen-bond donors (Lipinski definition) is 0. The number of benzene rings is 2. The van der Waals surface area contributed by atoms with E-state index in [2.05, 4.69) is 41.3 Å². The van der Waals surface area contributed by atoms with Gasteiger partial charge in [0, 0.05) is 26.1 Å². The Bertz CT molecular complexity index is 1100. The molecule has 2 heterocycles. The number of rotatable bonds is 8. The van der Waals surface area contributed by atoms with Crippen molar-refractivity contribution < 1.29 is 9.53 Å². The molecule has 0 amide bonds. The molecule has 0 N–H and O–H groups in total. The van der Waals surface area contributed by atoms with Gasteiger partial charge in [-0.1, -0.05) is 49.9 Å². The fourth-order valence-electron chi connectivity index (χ4n) is 5.77. The quantitative estimate of drug-likeness (QED) is 0.314. The Hall–Kier alpha value is -2.17. The van der Waals surface area contributed by atoms with Gasteiger partial charge >= 0.3 is 0 Å². The lowest BCUT2D eigenvalue weighted by Gasteiger charge is -2.26. The minimum absolute atomic E-state index is 0.178. The molecule has 0 spiro atoms. The maximum absolute atomic E-state index is 13.8. The molecule has 0 radical (unpaired) electrons. The minimum atomic E-state index is 0.178. The average molecular weight is 476 g/mol. The molecule has 1 aliphatic carbocycles. The number of aryl methyl sites for hydroxylation is 1. The van der Waals surface area contributed by atoms with Gasteiger partial charge in [0.2, 0.25) is 0 Å². The number of likely N-dealkylation sites (tertiary alicyclic amines) is 1. The Labute approximate surface area is 208 Å². The number of piperidine rings is 1. The first-order valence-electron chi connectivity index (χ1n) is 13.2. The van der Waals surface area contributed by atoms with Gasteiger partial charge in [-0.25, -0.2) is 0 Å². The largest absolute Gasteiger partial charge is 0.497 e. The summed E-state index contributed by atoms with van der Waals surface area (Å²) in [5, 5.41) is 1.09. The van der Waals surface area contributed by atoms with Crippen molar-refractivity contribution in [3.8, 4) is 5.75 Å². The molecular weight excluding hydrogens is 438 g/mol. The van der Waals surface area contributed by atoms with E-state index >= 15 is 0 Å². The summed E-state index contributed by atoms with van der Waals surface area (Å²) in [5.74, 6) is 1.54. The Morgan fingerprint density at radius 1 is 0.971 bits per heavy atom. The number of nitrogens with zero attached hydrogens (tertiary/aromatic N) is 1. The number of ketones is 1. The molecule has 2 fully saturated rings. The van der Waals surface area contributed by atoms with E-state index in [-0.39, 0.29) is 5.78 Å². The van der Waals surface area contributed by atoms with E-state index in [1.54, 1.807) is 18.4 Å². The van der Waals surface area contributed by atoms with Crippen LogP contribution < -0.4 is 4.74 Å². The van der Waals surface area contributed by atoms with Crippen LogP contribution in [0.25, 0.3) is 10.1 Å². The zero-order valence-corrected chi connectivity index (χ0v) is 21.3. The van der Waals surface area contributed by atoms with Crippen molar-refractivity contribution in [3.05, 3.63) is 64.0 Å². The Balaban J connectivity index is 1.35.